The maximum Gasteiger partial charge on any atom is 0.319 e. The van der Waals surface area contributed by atoms with E-state index in [9.17, 15) is 14.3 Å². The van der Waals surface area contributed by atoms with Crippen molar-refractivity contribution in [2.75, 3.05) is 31.6 Å². The lowest BCUT2D eigenvalue weighted by molar-refractivity contribution is 0.0917. The van der Waals surface area contributed by atoms with E-state index in [0.29, 0.717) is 13.1 Å². The first-order valence-electron chi connectivity index (χ1n) is 7.45. The molecular formula is C15H21ClFN3O2. The van der Waals surface area contributed by atoms with Crippen molar-refractivity contribution in [2.45, 2.75) is 25.3 Å². The summed E-state index contributed by atoms with van der Waals surface area (Å²) in [6, 6.07) is 4.14. The number of piperidine rings is 1. The van der Waals surface area contributed by atoms with E-state index in [1.165, 1.54) is 12.1 Å². The second-order valence-electron chi connectivity index (χ2n) is 5.35. The number of nitrogens with zero attached hydrogens (tertiary/aromatic N) is 1. The Kier molecular flexibility index (Phi) is 6.42. The summed E-state index contributed by atoms with van der Waals surface area (Å²) in [5, 5.41) is 14.4. The minimum atomic E-state index is -0.643. The van der Waals surface area contributed by atoms with Crippen molar-refractivity contribution in [3.05, 3.63) is 29.0 Å². The lowest BCUT2D eigenvalue weighted by atomic mass is 10.0. The Hall–Kier alpha value is -1.37. The van der Waals surface area contributed by atoms with Gasteiger partial charge in [0.2, 0.25) is 0 Å². The van der Waals surface area contributed by atoms with Gasteiger partial charge in [0, 0.05) is 19.1 Å². The zero-order chi connectivity index (χ0) is 15.9. The van der Waals surface area contributed by atoms with Crippen LogP contribution in [0.4, 0.5) is 14.9 Å². The highest BCUT2D eigenvalue weighted by Gasteiger charge is 2.21. The van der Waals surface area contributed by atoms with Crippen LogP contribution in [-0.2, 0) is 0 Å². The van der Waals surface area contributed by atoms with Gasteiger partial charge in [0.15, 0.2) is 5.82 Å². The molecule has 0 spiro atoms. The molecule has 2 amide bonds. The van der Waals surface area contributed by atoms with Gasteiger partial charge < -0.3 is 15.7 Å². The number of hydrogen-bond acceptors (Lipinski definition) is 3. The molecule has 122 valence electrons. The molecule has 1 fully saturated rings. The monoisotopic (exact) mass is 329 g/mol. The number of urea groups is 1. The molecule has 0 radical (unpaired) electrons. The number of aliphatic hydroxyl groups is 1. The molecule has 2 rings (SSSR count). The predicted octanol–water partition coefficient (Wildman–Crippen LogP) is 2.45. The summed E-state index contributed by atoms with van der Waals surface area (Å²) in [4.78, 5) is 13.9. The molecule has 1 aromatic rings. The van der Waals surface area contributed by atoms with Gasteiger partial charge in [-0.05, 0) is 31.5 Å². The van der Waals surface area contributed by atoms with E-state index in [4.69, 9.17) is 11.6 Å². The zero-order valence-electron chi connectivity index (χ0n) is 12.3. The molecule has 1 aliphatic heterocycles. The number of likely N-dealkylation sites (tertiary alicyclic amines) is 1. The van der Waals surface area contributed by atoms with E-state index in [1.54, 1.807) is 6.07 Å². The SMILES string of the molecule is O=C(NCCN1CCCCC1CO)Nc1cccc(Cl)c1F. The van der Waals surface area contributed by atoms with Crippen molar-refractivity contribution in [3.8, 4) is 0 Å². The molecule has 22 heavy (non-hydrogen) atoms. The van der Waals surface area contributed by atoms with Gasteiger partial charge >= 0.3 is 6.03 Å². The topological polar surface area (TPSA) is 64.6 Å². The number of rotatable bonds is 5. The van der Waals surface area contributed by atoms with E-state index in [0.717, 1.165) is 25.8 Å². The highest BCUT2D eigenvalue weighted by Crippen LogP contribution is 2.21. The van der Waals surface area contributed by atoms with Crippen LogP contribution in [0.5, 0.6) is 0 Å². The number of halogens is 2. The van der Waals surface area contributed by atoms with Crippen LogP contribution in [0.2, 0.25) is 5.02 Å². The Labute approximate surface area is 134 Å². The number of carbonyl (C=O) groups is 1. The first-order valence-corrected chi connectivity index (χ1v) is 7.83. The Morgan fingerprint density at radius 2 is 2.27 bits per heavy atom. The number of benzene rings is 1. The Morgan fingerprint density at radius 1 is 1.45 bits per heavy atom. The molecule has 1 aliphatic rings. The standard InChI is InChI=1S/C15H21ClFN3O2/c16-12-5-3-6-13(14(12)17)19-15(22)18-7-9-20-8-2-1-4-11(20)10-21/h3,5-6,11,21H,1-2,4,7-10H2,(H2,18,19,22). The number of amides is 2. The van der Waals surface area contributed by atoms with E-state index in [2.05, 4.69) is 15.5 Å². The van der Waals surface area contributed by atoms with Gasteiger partial charge in [-0.2, -0.15) is 0 Å². The zero-order valence-corrected chi connectivity index (χ0v) is 13.1. The molecule has 1 unspecified atom stereocenters. The Morgan fingerprint density at radius 3 is 3.05 bits per heavy atom. The largest absolute Gasteiger partial charge is 0.395 e. The molecule has 1 heterocycles. The summed E-state index contributed by atoms with van der Waals surface area (Å²) in [5.74, 6) is -0.643. The average Bonchev–Trinajstić information content (AvgIpc) is 2.52. The summed E-state index contributed by atoms with van der Waals surface area (Å²) >= 11 is 5.66. The number of nitrogens with one attached hydrogen (secondary N) is 2. The molecule has 0 aliphatic carbocycles. The lowest BCUT2D eigenvalue weighted by Crippen LogP contribution is -2.46. The van der Waals surface area contributed by atoms with E-state index < -0.39 is 11.8 Å². The number of hydrogen-bond donors (Lipinski definition) is 3. The van der Waals surface area contributed by atoms with Gasteiger partial charge in [0.05, 0.1) is 17.3 Å². The minimum absolute atomic E-state index is 0.0306. The summed E-state index contributed by atoms with van der Waals surface area (Å²) < 4.78 is 13.7. The molecule has 1 atom stereocenters. The third kappa shape index (κ3) is 4.56. The van der Waals surface area contributed by atoms with Crippen molar-refractivity contribution in [1.82, 2.24) is 10.2 Å². The maximum atomic E-state index is 13.7. The average molecular weight is 330 g/mol. The van der Waals surface area contributed by atoms with Gasteiger partial charge in [-0.3, -0.25) is 4.90 Å². The van der Waals surface area contributed by atoms with Gasteiger partial charge in [0.1, 0.15) is 0 Å². The molecule has 0 saturated carbocycles. The molecular weight excluding hydrogens is 309 g/mol. The third-order valence-corrected chi connectivity index (χ3v) is 4.14. The first-order chi connectivity index (χ1) is 10.6. The van der Waals surface area contributed by atoms with Crippen LogP contribution in [0.25, 0.3) is 0 Å². The summed E-state index contributed by atoms with van der Waals surface area (Å²) in [6.45, 7) is 2.17. The summed E-state index contributed by atoms with van der Waals surface area (Å²) in [7, 11) is 0. The van der Waals surface area contributed by atoms with Gasteiger partial charge in [-0.15, -0.1) is 0 Å². The van der Waals surface area contributed by atoms with Crippen LogP contribution >= 0.6 is 11.6 Å². The summed E-state index contributed by atoms with van der Waals surface area (Å²) in [5.41, 5.74) is 0.0520. The van der Waals surface area contributed by atoms with E-state index >= 15 is 0 Å². The van der Waals surface area contributed by atoms with Crippen LogP contribution < -0.4 is 10.6 Å². The second kappa shape index (κ2) is 8.31. The molecule has 0 aromatic heterocycles. The van der Waals surface area contributed by atoms with Gasteiger partial charge in [-0.1, -0.05) is 24.1 Å². The molecule has 7 heteroatoms. The fourth-order valence-electron chi connectivity index (χ4n) is 2.64. The fourth-order valence-corrected chi connectivity index (χ4v) is 2.82. The molecule has 0 bridgehead atoms. The lowest BCUT2D eigenvalue weighted by Gasteiger charge is -2.34. The van der Waals surface area contributed by atoms with E-state index in [1.807, 2.05) is 0 Å². The van der Waals surface area contributed by atoms with Crippen molar-refractivity contribution >= 4 is 23.3 Å². The van der Waals surface area contributed by atoms with Crippen molar-refractivity contribution in [3.63, 3.8) is 0 Å². The summed E-state index contributed by atoms with van der Waals surface area (Å²) in [6.07, 6.45) is 3.22. The van der Waals surface area contributed by atoms with Crippen LogP contribution in [-0.4, -0.2) is 48.3 Å². The smallest absolute Gasteiger partial charge is 0.319 e. The van der Waals surface area contributed by atoms with Crippen LogP contribution in [0.15, 0.2) is 18.2 Å². The fraction of sp³-hybridized carbons (Fsp3) is 0.533. The van der Waals surface area contributed by atoms with Crippen LogP contribution in [0.3, 0.4) is 0 Å². The van der Waals surface area contributed by atoms with Crippen LogP contribution in [0.1, 0.15) is 19.3 Å². The quantitative estimate of drug-likeness (QED) is 0.777. The number of anilines is 1. The van der Waals surface area contributed by atoms with Crippen molar-refractivity contribution < 1.29 is 14.3 Å². The predicted molar refractivity (Wildman–Crippen MR) is 84.7 cm³/mol. The van der Waals surface area contributed by atoms with Crippen molar-refractivity contribution in [1.29, 1.82) is 0 Å². The highest BCUT2D eigenvalue weighted by molar-refractivity contribution is 6.31. The van der Waals surface area contributed by atoms with Gasteiger partial charge in [0.25, 0.3) is 0 Å². The highest BCUT2D eigenvalue weighted by atomic mass is 35.5. The molecule has 3 N–H and O–H groups in total. The van der Waals surface area contributed by atoms with Crippen molar-refractivity contribution in [2.24, 2.45) is 0 Å². The molecule has 5 nitrogen and oxygen atoms in total. The minimum Gasteiger partial charge on any atom is -0.395 e. The third-order valence-electron chi connectivity index (χ3n) is 3.84. The molecule has 1 saturated heterocycles. The Balaban J connectivity index is 1.77. The van der Waals surface area contributed by atoms with E-state index in [-0.39, 0.29) is 23.4 Å². The molecule has 1 aromatic carbocycles. The van der Waals surface area contributed by atoms with Crippen LogP contribution in [0, 0.1) is 5.82 Å². The number of aliphatic hydroxyl groups excluding tert-OH is 1. The number of carbonyl (C=O) groups excluding carboxylic acids is 1. The maximum absolute atomic E-state index is 13.7. The van der Waals surface area contributed by atoms with Gasteiger partial charge in [-0.25, -0.2) is 9.18 Å². The Bertz CT molecular complexity index is 516. The normalized spacial score (nSPS) is 19.0. The second-order valence-corrected chi connectivity index (χ2v) is 5.76. The first kappa shape index (κ1) is 17.0.